The van der Waals surface area contributed by atoms with Gasteiger partial charge < -0.3 is 11.5 Å². The number of rotatable bonds is 1. The molecule has 4 heteroatoms. The molecule has 4 nitrogen and oxygen atoms in total. The second-order valence-corrected chi connectivity index (χ2v) is 2.91. The van der Waals surface area contributed by atoms with Crippen molar-refractivity contribution in [2.45, 2.75) is 0 Å². The molecule has 0 unspecified atom stereocenters. The Morgan fingerprint density at radius 3 is 2.57 bits per heavy atom. The highest BCUT2D eigenvalue weighted by atomic mass is 14.8. The lowest BCUT2D eigenvalue weighted by Crippen LogP contribution is -1.95. The topological polar surface area (TPSA) is 77.8 Å². The van der Waals surface area contributed by atoms with Crippen molar-refractivity contribution >= 4 is 11.5 Å². The molecule has 0 fully saturated rings. The number of hydrogen-bond acceptors (Lipinski definition) is 4. The van der Waals surface area contributed by atoms with Gasteiger partial charge in [0.1, 0.15) is 5.82 Å². The SMILES string of the molecule is Nc1ccnc(-c2cccnc2N)c1. The molecule has 0 atom stereocenters. The molecule has 0 bridgehead atoms. The predicted octanol–water partition coefficient (Wildman–Crippen LogP) is 1.31. The Labute approximate surface area is 81.6 Å². The molecule has 2 aromatic rings. The van der Waals surface area contributed by atoms with Gasteiger partial charge in [-0.1, -0.05) is 0 Å². The standard InChI is InChI=1S/C10H10N4/c11-7-3-5-13-9(6-7)8-2-1-4-14-10(8)12/h1-6H,(H2,11,13)(H2,12,14). The average molecular weight is 186 g/mol. The highest BCUT2D eigenvalue weighted by Gasteiger charge is 2.03. The van der Waals surface area contributed by atoms with Crippen molar-refractivity contribution < 1.29 is 0 Å². The minimum absolute atomic E-state index is 0.464. The summed E-state index contributed by atoms with van der Waals surface area (Å²) in [4.78, 5) is 8.15. The van der Waals surface area contributed by atoms with Crippen molar-refractivity contribution in [3.8, 4) is 11.3 Å². The summed E-state index contributed by atoms with van der Waals surface area (Å²) in [6, 6.07) is 7.18. The number of nitrogens with two attached hydrogens (primary N) is 2. The molecule has 2 aromatic heterocycles. The van der Waals surface area contributed by atoms with E-state index in [1.165, 1.54) is 0 Å². The predicted molar refractivity (Wildman–Crippen MR) is 56.3 cm³/mol. The van der Waals surface area contributed by atoms with E-state index in [-0.39, 0.29) is 0 Å². The van der Waals surface area contributed by atoms with E-state index in [1.807, 2.05) is 12.1 Å². The molecular weight excluding hydrogens is 176 g/mol. The van der Waals surface area contributed by atoms with Crippen molar-refractivity contribution in [2.75, 3.05) is 11.5 Å². The number of anilines is 2. The van der Waals surface area contributed by atoms with Crippen LogP contribution in [0.4, 0.5) is 11.5 Å². The number of nitrogens with zero attached hydrogens (tertiary/aromatic N) is 2. The van der Waals surface area contributed by atoms with Gasteiger partial charge in [0.15, 0.2) is 0 Å². The first-order valence-electron chi connectivity index (χ1n) is 4.20. The van der Waals surface area contributed by atoms with Crippen LogP contribution in [-0.2, 0) is 0 Å². The molecule has 70 valence electrons. The van der Waals surface area contributed by atoms with Crippen LogP contribution >= 0.6 is 0 Å². The summed E-state index contributed by atoms with van der Waals surface area (Å²) >= 11 is 0. The first-order chi connectivity index (χ1) is 6.77. The number of pyridine rings is 2. The van der Waals surface area contributed by atoms with E-state index < -0.39 is 0 Å². The maximum absolute atomic E-state index is 5.71. The van der Waals surface area contributed by atoms with Crippen LogP contribution in [-0.4, -0.2) is 9.97 Å². The minimum atomic E-state index is 0.464. The fraction of sp³-hybridized carbons (Fsp3) is 0. The van der Waals surface area contributed by atoms with Crippen LogP contribution in [0, 0.1) is 0 Å². The Morgan fingerprint density at radius 2 is 1.86 bits per heavy atom. The third kappa shape index (κ3) is 1.50. The van der Waals surface area contributed by atoms with Crippen LogP contribution in [0.15, 0.2) is 36.7 Å². The molecule has 0 saturated heterocycles. The van der Waals surface area contributed by atoms with Gasteiger partial charge in [0.2, 0.25) is 0 Å². The van der Waals surface area contributed by atoms with Crippen LogP contribution < -0.4 is 11.5 Å². The maximum atomic E-state index is 5.71. The van der Waals surface area contributed by atoms with Gasteiger partial charge in [0.25, 0.3) is 0 Å². The Balaban J connectivity index is 2.55. The third-order valence-electron chi connectivity index (χ3n) is 1.90. The molecule has 0 amide bonds. The van der Waals surface area contributed by atoms with Gasteiger partial charge in [-0.05, 0) is 24.3 Å². The van der Waals surface area contributed by atoms with Crippen LogP contribution in [0.2, 0.25) is 0 Å². The number of aromatic nitrogens is 2. The lowest BCUT2D eigenvalue weighted by Gasteiger charge is -2.03. The van der Waals surface area contributed by atoms with Gasteiger partial charge in [-0.3, -0.25) is 4.98 Å². The number of hydrogen-bond donors (Lipinski definition) is 2. The quantitative estimate of drug-likeness (QED) is 0.703. The highest BCUT2D eigenvalue weighted by Crippen LogP contribution is 2.22. The number of nitrogen functional groups attached to an aromatic ring is 2. The molecule has 0 aliphatic heterocycles. The molecule has 2 rings (SSSR count). The Morgan fingerprint density at radius 1 is 1.00 bits per heavy atom. The first kappa shape index (κ1) is 8.50. The Bertz CT molecular complexity index is 453. The summed E-state index contributed by atoms with van der Waals surface area (Å²) in [5.74, 6) is 0.464. The zero-order valence-electron chi connectivity index (χ0n) is 7.51. The van der Waals surface area contributed by atoms with E-state index in [0.717, 1.165) is 11.3 Å². The van der Waals surface area contributed by atoms with Gasteiger partial charge >= 0.3 is 0 Å². The molecule has 2 heterocycles. The average Bonchev–Trinajstić information content (AvgIpc) is 2.18. The summed E-state index contributed by atoms with van der Waals surface area (Å²) < 4.78 is 0. The molecule has 0 aromatic carbocycles. The zero-order valence-corrected chi connectivity index (χ0v) is 7.51. The van der Waals surface area contributed by atoms with E-state index in [1.54, 1.807) is 24.5 Å². The van der Waals surface area contributed by atoms with Crippen LogP contribution in [0.25, 0.3) is 11.3 Å². The fourth-order valence-corrected chi connectivity index (χ4v) is 1.23. The van der Waals surface area contributed by atoms with Gasteiger partial charge in [0.05, 0.1) is 5.69 Å². The molecular formula is C10H10N4. The van der Waals surface area contributed by atoms with E-state index in [2.05, 4.69) is 9.97 Å². The molecule has 0 spiro atoms. The monoisotopic (exact) mass is 186 g/mol. The van der Waals surface area contributed by atoms with Crippen LogP contribution in [0.5, 0.6) is 0 Å². The van der Waals surface area contributed by atoms with Crippen molar-refractivity contribution in [1.29, 1.82) is 0 Å². The van der Waals surface area contributed by atoms with Crippen molar-refractivity contribution in [1.82, 2.24) is 9.97 Å². The molecule has 14 heavy (non-hydrogen) atoms. The summed E-state index contributed by atoms with van der Waals surface area (Å²) in [6.07, 6.45) is 3.29. The molecule has 0 radical (unpaired) electrons. The van der Waals surface area contributed by atoms with Gasteiger partial charge in [-0.25, -0.2) is 4.98 Å². The van der Waals surface area contributed by atoms with Gasteiger partial charge in [0, 0.05) is 23.6 Å². The first-order valence-corrected chi connectivity index (χ1v) is 4.20. The lowest BCUT2D eigenvalue weighted by molar-refractivity contribution is 1.29. The second-order valence-electron chi connectivity index (χ2n) is 2.91. The second kappa shape index (κ2) is 3.33. The molecule has 0 saturated carbocycles. The molecule has 0 aliphatic rings. The van der Waals surface area contributed by atoms with Crippen LogP contribution in [0.3, 0.4) is 0 Å². The van der Waals surface area contributed by atoms with E-state index in [4.69, 9.17) is 11.5 Å². The van der Waals surface area contributed by atoms with E-state index >= 15 is 0 Å². The summed E-state index contributed by atoms with van der Waals surface area (Å²) in [6.45, 7) is 0. The highest BCUT2D eigenvalue weighted by molar-refractivity contribution is 5.72. The lowest BCUT2D eigenvalue weighted by atomic mass is 10.1. The van der Waals surface area contributed by atoms with E-state index in [0.29, 0.717) is 11.5 Å². The summed E-state index contributed by atoms with van der Waals surface area (Å²) in [7, 11) is 0. The van der Waals surface area contributed by atoms with Crippen LogP contribution in [0.1, 0.15) is 0 Å². The zero-order chi connectivity index (χ0) is 9.97. The maximum Gasteiger partial charge on any atom is 0.132 e. The Hall–Kier alpha value is -2.10. The fourth-order valence-electron chi connectivity index (χ4n) is 1.23. The largest absolute Gasteiger partial charge is 0.399 e. The van der Waals surface area contributed by atoms with Crippen molar-refractivity contribution in [2.24, 2.45) is 0 Å². The van der Waals surface area contributed by atoms with Gasteiger partial charge in [-0.15, -0.1) is 0 Å². The summed E-state index contributed by atoms with van der Waals surface area (Å²) in [5, 5.41) is 0. The molecule has 0 aliphatic carbocycles. The Kier molecular flexibility index (Phi) is 2.02. The summed E-state index contributed by atoms with van der Waals surface area (Å²) in [5.41, 5.74) is 13.6. The smallest absolute Gasteiger partial charge is 0.132 e. The van der Waals surface area contributed by atoms with Gasteiger partial charge in [-0.2, -0.15) is 0 Å². The van der Waals surface area contributed by atoms with Crippen molar-refractivity contribution in [3.63, 3.8) is 0 Å². The minimum Gasteiger partial charge on any atom is -0.399 e. The van der Waals surface area contributed by atoms with Crippen molar-refractivity contribution in [3.05, 3.63) is 36.7 Å². The molecule has 4 N–H and O–H groups in total. The van der Waals surface area contributed by atoms with E-state index in [9.17, 15) is 0 Å². The third-order valence-corrected chi connectivity index (χ3v) is 1.90. The normalized spacial score (nSPS) is 10.0.